The van der Waals surface area contributed by atoms with Crippen molar-refractivity contribution in [2.24, 2.45) is 5.73 Å². The van der Waals surface area contributed by atoms with Gasteiger partial charge in [0.15, 0.2) is 0 Å². The van der Waals surface area contributed by atoms with Crippen LogP contribution in [0.4, 0.5) is 0 Å². The van der Waals surface area contributed by atoms with Crippen LogP contribution in [0.25, 0.3) is 0 Å². The second-order valence-electron chi connectivity index (χ2n) is 3.77. The lowest BCUT2D eigenvalue weighted by Gasteiger charge is -2.16. The molecule has 0 aliphatic heterocycles. The summed E-state index contributed by atoms with van der Waals surface area (Å²) >= 11 is 1.48. The minimum Gasteiger partial charge on any atom is -0.396 e. The van der Waals surface area contributed by atoms with Crippen molar-refractivity contribution in [1.29, 1.82) is 0 Å². The van der Waals surface area contributed by atoms with Crippen LogP contribution >= 0.6 is 11.3 Å². The van der Waals surface area contributed by atoms with Crippen molar-refractivity contribution in [2.45, 2.75) is 31.8 Å². The number of nitrogens with one attached hydrogen (secondary N) is 1. The van der Waals surface area contributed by atoms with Crippen LogP contribution in [0.1, 0.15) is 30.7 Å². The van der Waals surface area contributed by atoms with E-state index in [-0.39, 0.29) is 18.6 Å². The molecule has 1 aromatic heterocycles. The van der Waals surface area contributed by atoms with E-state index in [1.165, 1.54) is 11.3 Å². The maximum absolute atomic E-state index is 11.7. The Morgan fingerprint density at radius 3 is 3.00 bits per heavy atom. The zero-order valence-electron chi connectivity index (χ0n) is 9.35. The second-order valence-corrected chi connectivity index (χ2v) is 4.75. The van der Waals surface area contributed by atoms with E-state index in [0.29, 0.717) is 6.42 Å². The topological polar surface area (TPSA) is 75.3 Å². The first-order valence-corrected chi connectivity index (χ1v) is 6.23. The molecule has 0 spiro atoms. The van der Waals surface area contributed by atoms with Gasteiger partial charge in [-0.15, -0.1) is 11.3 Å². The van der Waals surface area contributed by atoms with Crippen molar-refractivity contribution in [3.63, 3.8) is 0 Å². The number of aliphatic hydroxyl groups is 1. The van der Waals surface area contributed by atoms with Gasteiger partial charge in [-0.1, -0.05) is 6.07 Å². The highest BCUT2D eigenvalue weighted by Crippen LogP contribution is 2.16. The molecule has 0 saturated heterocycles. The normalized spacial score (nSPS) is 14.4. The van der Waals surface area contributed by atoms with Gasteiger partial charge in [0.25, 0.3) is 0 Å². The van der Waals surface area contributed by atoms with Gasteiger partial charge < -0.3 is 16.2 Å². The Hall–Kier alpha value is -0.910. The average Bonchev–Trinajstić information content (AvgIpc) is 2.78. The van der Waals surface area contributed by atoms with Crippen LogP contribution in [0.3, 0.4) is 0 Å². The van der Waals surface area contributed by atoms with E-state index in [0.717, 1.165) is 11.3 Å². The summed E-state index contributed by atoms with van der Waals surface area (Å²) in [5.41, 5.74) is 5.81. The van der Waals surface area contributed by atoms with Crippen LogP contribution in [0.15, 0.2) is 17.5 Å². The summed E-state index contributed by atoms with van der Waals surface area (Å²) in [7, 11) is 0. The fourth-order valence-electron chi connectivity index (χ4n) is 1.40. The number of carbonyl (C=O) groups excluding carboxylic acids is 1. The number of amides is 1. The zero-order chi connectivity index (χ0) is 12.0. The van der Waals surface area contributed by atoms with Gasteiger partial charge in [-0.25, -0.2) is 0 Å². The number of thiophene rings is 1. The summed E-state index contributed by atoms with van der Waals surface area (Å²) in [6.07, 6.45) is 1.45. The Kier molecular flexibility index (Phi) is 5.45. The lowest BCUT2D eigenvalue weighted by molar-refractivity contribution is -0.123. The molecule has 0 aliphatic carbocycles. The lowest BCUT2D eigenvalue weighted by atomic mass is 10.1. The Morgan fingerprint density at radius 1 is 1.69 bits per heavy atom. The number of hydrogen-bond donors (Lipinski definition) is 3. The van der Waals surface area contributed by atoms with Gasteiger partial charge in [0.1, 0.15) is 6.04 Å². The predicted octanol–water partition coefficient (Wildman–Crippen LogP) is 1.03. The highest BCUT2D eigenvalue weighted by molar-refractivity contribution is 7.10. The van der Waals surface area contributed by atoms with Crippen molar-refractivity contribution >= 4 is 17.2 Å². The molecule has 2 unspecified atom stereocenters. The molecule has 1 aromatic rings. The number of aliphatic hydroxyl groups excluding tert-OH is 1. The number of hydrogen-bond acceptors (Lipinski definition) is 4. The van der Waals surface area contributed by atoms with Crippen LogP contribution in [0, 0.1) is 0 Å². The third-order valence-corrected chi connectivity index (χ3v) is 3.27. The third-order valence-electron chi connectivity index (χ3n) is 2.32. The zero-order valence-corrected chi connectivity index (χ0v) is 10.2. The standard InChI is InChI=1S/C11H18N2O2S/c1-8(4-2-6-14)13-11(15)10(12)9-5-3-7-16-9/h3,5,7-8,10,14H,2,4,6,12H2,1H3,(H,13,15). The SMILES string of the molecule is CC(CCCO)NC(=O)C(N)c1cccs1. The van der Waals surface area contributed by atoms with Crippen molar-refractivity contribution in [2.75, 3.05) is 6.61 Å². The second kappa shape index (κ2) is 6.62. The minimum absolute atomic E-state index is 0.0469. The van der Waals surface area contributed by atoms with Crippen molar-refractivity contribution in [1.82, 2.24) is 5.32 Å². The molecule has 0 radical (unpaired) electrons. The first-order chi connectivity index (χ1) is 7.65. The molecule has 1 heterocycles. The van der Waals surface area contributed by atoms with Gasteiger partial charge >= 0.3 is 0 Å². The van der Waals surface area contributed by atoms with Gasteiger partial charge in [-0.05, 0) is 31.2 Å². The van der Waals surface area contributed by atoms with Gasteiger partial charge in [0.2, 0.25) is 5.91 Å². The average molecular weight is 242 g/mol. The number of carbonyl (C=O) groups is 1. The van der Waals surface area contributed by atoms with Crippen molar-refractivity contribution < 1.29 is 9.90 Å². The molecule has 0 bridgehead atoms. The van der Waals surface area contributed by atoms with Crippen molar-refractivity contribution in [3.8, 4) is 0 Å². The quantitative estimate of drug-likeness (QED) is 0.697. The maximum Gasteiger partial charge on any atom is 0.242 e. The molecule has 0 aromatic carbocycles. The summed E-state index contributed by atoms with van der Waals surface area (Å²) in [5.74, 6) is -0.159. The minimum atomic E-state index is -0.587. The van der Waals surface area contributed by atoms with E-state index < -0.39 is 6.04 Å². The van der Waals surface area contributed by atoms with E-state index in [1.54, 1.807) is 0 Å². The van der Waals surface area contributed by atoms with Crippen LogP contribution in [-0.4, -0.2) is 23.7 Å². The molecule has 1 rings (SSSR count). The molecule has 5 heteroatoms. The smallest absolute Gasteiger partial charge is 0.242 e. The number of rotatable bonds is 6. The third kappa shape index (κ3) is 3.92. The molecule has 2 atom stereocenters. The Bertz CT molecular complexity index is 314. The maximum atomic E-state index is 11.7. The Labute approximate surface area is 99.5 Å². The van der Waals surface area contributed by atoms with Crippen LogP contribution in [-0.2, 0) is 4.79 Å². The molecule has 0 fully saturated rings. The van der Waals surface area contributed by atoms with E-state index in [9.17, 15) is 4.79 Å². The van der Waals surface area contributed by atoms with Gasteiger partial charge in [0.05, 0.1) is 0 Å². The Balaban J connectivity index is 2.40. The lowest BCUT2D eigenvalue weighted by Crippen LogP contribution is -2.39. The molecule has 4 nitrogen and oxygen atoms in total. The monoisotopic (exact) mass is 242 g/mol. The van der Waals surface area contributed by atoms with Gasteiger partial charge in [0, 0.05) is 17.5 Å². The Morgan fingerprint density at radius 2 is 2.44 bits per heavy atom. The summed E-state index contributed by atoms with van der Waals surface area (Å²) in [5, 5.41) is 13.4. The molecule has 16 heavy (non-hydrogen) atoms. The van der Waals surface area contributed by atoms with Crippen LogP contribution < -0.4 is 11.1 Å². The molecule has 1 amide bonds. The van der Waals surface area contributed by atoms with E-state index in [1.807, 2.05) is 24.4 Å². The summed E-state index contributed by atoms with van der Waals surface area (Å²) in [4.78, 5) is 12.6. The molecular formula is C11H18N2O2S. The summed E-state index contributed by atoms with van der Waals surface area (Å²) in [6.45, 7) is 2.06. The van der Waals surface area contributed by atoms with Gasteiger partial charge in [-0.2, -0.15) is 0 Å². The predicted molar refractivity (Wildman–Crippen MR) is 65.2 cm³/mol. The van der Waals surface area contributed by atoms with Crippen LogP contribution in [0.2, 0.25) is 0 Å². The molecule has 90 valence electrons. The summed E-state index contributed by atoms with van der Waals surface area (Å²) in [6, 6.07) is 3.19. The fraction of sp³-hybridized carbons (Fsp3) is 0.545. The first kappa shape index (κ1) is 13.2. The molecule has 0 saturated carbocycles. The van der Waals surface area contributed by atoms with E-state index >= 15 is 0 Å². The molecular weight excluding hydrogens is 224 g/mol. The largest absolute Gasteiger partial charge is 0.396 e. The molecule has 0 aliphatic rings. The molecule has 4 N–H and O–H groups in total. The summed E-state index contributed by atoms with van der Waals surface area (Å²) < 4.78 is 0. The van der Waals surface area contributed by atoms with Crippen LogP contribution in [0.5, 0.6) is 0 Å². The highest BCUT2D eigenvalue weighted by Gasteiger charge is 2.17. The van der Waals surface area contributed by atoms with Gasteiger partial charge in [-0.3, -0.25) is 4.79 Å². The van der Waals surface area contributed by atoms with E-state index in [4.69, 9.17) is 10.8 Å². The first-order valence-electron chi connectivity index (χ1n) is 5.35. The van der Waals surface area contributed by atoms with E-state index in [2.05, 4.69) is 5.32 Å². The van der Waals surface area contributed by atoms with Crippen molar-refractivity contribution in [3.05, 3.63) is 22.4 Å². The highest BCUT2D eigenvalue weighted by atomic mass is 32.1. The fourth-order valence-corrected chi connectivity index (χ4v) is 2.12. The number of nitrogens with two attached hydrogens (primary N) is 1.